The van der Waals surface area contributed by atoms with Gasteiger partial charge in [-0.1, -0.05) is 30.3 Å². The third kappa shape index (κ3) is 4.37. The Hall–Kier alpha value is -1.76. The first-order chi connectivity index (χ1) is 11.2. The first-order valence-corrected chi connectivity index (χ1v) is 8.06. The Labute approximate surface area is 137 Å². The molecule has 3 rings (SSSR count). The quantitative estimate of drug-likeness (QED) is 0.811. The van der Waals surface area contributed by atoms with Crippen LogP contribution in [-0.2, 0) is 11.3 Å². The number of benzene rings is 1. The molecule has 1 fully saturated rings. The zero-order chi connectivity index (χ0) is 16.1. The number of hydrogen-bond acceptors (Lipinski definition) is 6. The molecular weight excluding hydrogens is 292 g/mol. The van der Waals surface area contributed by atoms with E-state index in [-0.39, 0.29) is 6.04 Å². The van der Waals surface area contributed by atoms with Gasteiger partial charge < -0.3 is 14.1 Å². The van der Waals surface area contributed by atoms with Gasteiger partial charge in [-0.2, -0.15) is 0 Å². The molecule has 2 aromatic rings. The summed E-state index contributed by atoms with van der Waals surface area (Å²) in [5.74, 6) is 1.26. The highest BCUT2D eigenvalue weighted by Crippen LogP contribution is 2.22. The summed E-state index contributed by atoms with van der Waals surface area (Å²) in [6.45, 7) is 6.98. The lowest BCUT2D eigenvalue weighted by Crippen LogP contribution is -2.43. The normalized spacial score (nSPS) is 19.3. The Balaban J connectivity index is 1.55. The van der Waals surface area contributed by atoms with Gasteiger partial charge in [0.15, 0.2) is 0 Å². The van der Waals surface area contributed by atoms with Crippen LogP contribution in [0.15, 0.2) is 34.7 Å². The van der Waals surface area contributed by atoms with Crippen LogP contribution in [0.5, 0.6) is 0 Å². The topological polar surface area (TPSA) is 54.6 Å². The van der Waals surface area contributed by atoms with Crippen LogP contribution in [0.4, 0.5) is 0 Å². The molecule has 0 saturated carbocycles. The lowest BCUT2D eigenvalue weighted by Gasteiger charge is -2.34. The van der Waals surface area contributed by atoms with Gasteiger partial charge in [-0.3, -0.25) is 4.90 Å². The second-order valence-corrected chi connectivity index (χ2v) is 6.01. The monoisotopic (exact) mass is 316 g/mol. The molecule has 0 spiro atoms. The molecule has 124 valence electrons. The van der Waals surface area contributed by atoms with Crippen molar-refractivity contribution in [3.8, 4) is 0 Å². The summed E-state index contributed by atoms with van der Waals surface area (Å²) >= 11 is 0. The van der Waals surface area contributed by atoms with Crippen molar-refractivity contribution in [1.29, 1.82) is 0 Å². The van der Waals surface area contributed by atoms with E-state index in [1.54, 1.807) is 0 Å². The highest BCUT2D eigenvalue weighted by molar-refractivity contribution is 5.14. The van der Waals surface area contributed by atoms with Crippen LogP contribution in [0.25, 0.3) is 0 Å². The molecule has 1 aliphatic heterocycles. The van der Waals surface area contributed by atoms with E-state index < -0.39 is 0 Å². The molecule has 23 heavy (non-hydrogen) atoms. The fourth-order valence-electron chi connectivity index (χ4n) is 2.85. The first-order valence-electron chi connectivity index (χ1n) is 8.06. The second kappa shape index (κ2) is 7.68. The predicted molar refractivity (Wildman–Crippen MR) is 86.9 cm³/mol. The van der Waals surface area contributed by atoms with Gasteiger partial charge in [-0.05, 0) is 12.6 Å². The summed E-state index contributed by atoms with van der Waals surface area (Å²) in [4.78, 5) is 4.71. The molecule has 1 atom stereocenters. The van der Waals surface area contributed by atoms with Gasteiger partial charge >= 0.3 is 0 Å². The third-order valence-electron chi connectivity index (χ3n) is 4.13. The molecular formula is C17H24N4O2. The molecule has 0 N–H and O–H groups in total. The van der Waals surface area contributed by atoms with Gasteiger partial charge in [0, 0.05) is 33.1 Å². The maximum Gasteiger partial charge on any atom is 0.235 e. The lowest BCUT2D eigenvalue weighted by atomic mass is 10.2. The highest BCUT2D eigenvalue weighted by atomic mass is 16.5. The molecule has 1 aromatic carbocycles. The van der Waals surface area contributed by atoms with E-state index in [4.69, 9.17) is 9.15 Å². The van der Waals surface area contributed by atoms with Crippen molar-refractivity contribution in [2.45, 2.75) is 19.5 Å². The molecule has 1 unspecified atom stereocenters. The van der Waals surface area contributed by atoms with E-state index in [1.165, 1.54) is 5.56 Å². The van der Waals surface area contributed by atoms with E-state index in [0.717, 1.165) is 32.8 Å². The average Bonchev–Trinajstić information content (AvgIpc) is 3.00. The van der Waals surface area contributed by atoms with Crippen molar-refractivity contribution in [2.75, 3.05) is 39.9 Å². The first kappa shape index (κ1) is 16.1. The number of nitrogens with zero attached hydrogens (tertiary/aromatic N) is 4. The van der Waals surface area contributed by atoms with Gasteiger partial charge in [0.25, 0.3) is 0 Å². The Morgan fingerprint density at radius 1 is 1.26 bits per heavy atom. The molecule has 0 aliphatic carbocycles. The summed E-state index contributed by atoms with van der Waals surface area (Å²) in [6.07, 6.45) is 0. The van der Waals surface area contributed by atoms with Gasteiger partial charge in [0.1, 0.15) is 6.04 Å². The minimum Gasteiger partial charge on any atom is -0.424 e. The number of aromatic nitrogens is 2. The second-order valence-electron chi connectivity index (χ2n) is 6.01. The van der Waals surface area contributed by atoms with Crippen molar-refractivity contribution >= 4 is 0 Å². The number of rotatable bonds is 6. The molecule has 1 saturated heterocycles. The van der Waals surface area contributed by atoms with Crippen molar-refractivity contribution in [2.24, 2.45) is 0 Å². The van der Waals surface area contributed by atoms with Gasteiger partial charge in [0.05, 0.1) is 13.2 Å². The third-order valence-corrected chi connectivity index (χ3v) is 4.13. The molecule has 1 aromatic heterocycles. The van der Waals surface area contributed by atoms with Crippen molar-refractivity contribution in [3.05, 3.63) is 47.7 Å². The van der Waals surface area contributed by atoms with E-state index >= 15 is 0 Å². The van der Waals surface area contributed by atoms with Crippen LogP contribution in [0, 0.1) is 6.92 Å². The highest BCUT2D eigenvalue weighted by Gasteiger charge is 2.28. The summed E-state index contributed by atoms with van der Waals surface area (Å²) < 4.78 is 11.2. The zero-order valence-electron chi connectivity index (χ0n) is 13.8. The molecule has 6 heteroatoms. The number of hydrogen-bond donors (Lipinski definition) is 0. The van der Waals surface area contributed by atoms with E-state index in [1.807, 2.05) is 13.0 Å². The number of ether oxygens (including phenoxy) is 1. The van der Waals surface area contributed by atoms with Crippen LogP contribution in [-0.4, -0.2) is 59.9 Å². The number of aryl methyl sites for hydroxylation is 1. The van der Waals surface area contributed by atoms with Gasteiger partial charge in [-0.15, -0.1) is 10.2 Å². The maximum absolute atomic E-state index is 5.60. The molecule has 0 amide bonds. The summed E-state index contributed by atoms with van der Waals surface area (Å²) in [7, 11) is 2.15. The molecule has 0 bridgehead atoms. The Kier molecular flexibility index (Phi) is 5.38. The fourth-order valence-corrected chi connectivity index (χ4v) is 2.85. The minimum atomic E-state index is 0.0649. The maximum atomic E-state index is 5.60. The standard InChI is InChI=1S/C17H24N4O2/c1-14-18-19-17(23-14)16-13-22-11-10-21(16)9-8-20(2)12-15-6-4-3-5-7-15/h3-7,16H,8-13H2,1-2H3. The largest absolute Gasteiger partial charge is 0.424 e. The van der Waals surface area contributed by atoms with Gasteiger partial charge in [-0.25, -0.2) is 0 Å². The number of morpholine rings is 1. The fraction of sp³-hybridized carbons (Fsp3) is 0.529. The summed E-state index contributed by atoms with van der Waals surface area (Å²) in [5, 5.41) is 8.10. The number of likely N-dealkylation sites (N-methyl/N-ethyl adjacent to an activating group) is 1. The van der Waals surface area contributed by atoms with Crippen LogP contribution in [0.3, 0.4) is 0 Å². The van der Waals surface area contributed by atoms with E-state index in [9.17, 15) is 0 Å². The Bertz CT molecular complexity index is 602. The van der Waals surface area contributed by atoms with Crippen LogP contribution < -0.4 is 0 Å². The van der Waals surface area contributed by atoms with Crippen molar-refractivity contribution < 1.29 is 9.15 Å². The average molecular weight is 316 g/mol. The SMILES string of the molecule is Cc1nnc(C2COCCN2CCN(C)Cc2ccccc2)o1. The Morgan fingerprint density at radius 3 is 2.83 bits per heavy atom. The zero-order valence-corrected chi connectivity index (χ0v) is 13.8. The molecule has 0 radical (unpaired) electrons. The molecule has 6 nitrogen and oxygen atoms in total. The van der Waals surface area contributed by atoms with Crippen molar-refractivity contribution in [3.63, 3.8) is 0 Å². The molecule has 1 aliphatic rings. The Morgan fingerprint density at radius 2 is 2.09 bits per heavy atom. The van der Waals surface area contributed by atoms with E-state index in [2.05, 4.69) is 51.3 Å². The van der Waals surface area contributed by atoms with Crippen molar-refractivity contribution in [1.82, 2.24) is 20.0 Å². The summed E-state index contributed by atoms with van der Waals surface area (Å²) in [6, 6.07) is 10.6. The smallest absolute Gasteiger partial charge is 0.235 e. The van der Waals surface area contributed by atoms with E-state index in [0.29, 0.717) is 18.4 Å². The lowest BCUT2D eigenvalue weighted by molar-refractivity contribution is -0.0211. The molecule has 2 heterocycles. The van der Waals surface area contributed by atoms with Crippen LogP contribution in [0.1, 0.15) is 23.4 Å². The summed E-state index contributed by atoms with van der Waals surface area (Å²) in [5.41, 5.74) is 1.33. The van der Waals surface area contributed by atoms with Crippen LogP contribution in [0.2, 0.25) is 0 Å². The van der Waals surface area contributed by atoms with Crippen LogP contribution >= 0.6 is 0 Å². The predicted octanol–water partition coefficient (Wildman–Crippen LogP) is 1.88. The minimum absolute atomic E-state index is 0.0649. The van der Waals surface area contributed by atoms with Gasteiger partial charge in [0.2, 0.25) is 11.8 Å².